The van der Waals surface area contributed by atoms with Crippen molar-refractivity contribution in [2.24, 2.45) is 5.92 Å². The van der Waals surface area contributed by atoms with Crippen molar-refractivity contribution in [1.82, 2.24) is 19.8 Å². The number of amides is 1. The van der Waals surface area contributed by atoms with Gasteiger partial charge in [0, 0.05) is 47.6 Å². The number of thioether (sulfide) groups is 2. The molecule has 5 atom stereocenters. The minimum Gasteiger partial charge on any atom is -0.462 e. The van der Waals surface area contributed by atoms with E-state index in [2.05, 4.69) is 103 Å². The minimum atomic E-state index is -1.01. The fraction of sp³-hybridized carbons (Fsp3) is 0.538. The molecule has 0 radical (unpaired) electrons. The summed E-state index contributed by atoms with van der Waals surface area (Å²) in [6.45, 7) is 13.1. The van der Waals surface area contributed by atoms with Gasteiger partial charge in [0.1, 0.15) is 12.4 Å². The molecule has 5 heterocycles. The van der Waals surface area contributed by atoms with Crippen LogP contribution in [0.2, 0.25) is 0 Å². The number of hydrogen-bond acceptors (Lipinski definition) is 10. The van der Waals surface area contributed by atoms with Crippen LogP contribution >= 0.6 is 23.5 Å². The number of fused-ring (bicyclic) bond motifs is 2. The van der Waals surface area contributed by atoms with Gasteiger partial charge in [-0.3, -0.25) is 9.69 Å². The summed E-state index contributed by atoms with van der Waals surface area (Å²) >= 11 is 4.07. The van der Waals surface area contributed by atoms with E-state index in [1.165, 1.54) is 46.2 Å². The standard InChI is InChI=1S/C39H46FN7O2S2/c1-24-9-6-10-26-11-7-14-31(33(24)26)45-18-16-29-30(22-45)42-37(43-34(29)46-19-20-47(35(48)25(2)40)28(21-46)15-17-41)49-23-32-39(4,50-32)44(5)36-38(3,51-36)27-12-8-13-27/h6-7,9-11,14,27-28,32,36H,2,8,12-13,15-16,18-23H2,1,3-5H3/t28-,32?,36?,38-,39-/m0/s1. The Hall–Kier alpha value is -3.53. The lowest BCUT2D eigenvalue weighted by Crippen LogP contribution is -2.55. The number of halogens is 1. The minimum absolute atomic E-state index is 0.00699. The Bertz CT molecular complexity index is 1930. The summed E-state index contributed by atoms with van der Waals surface area (Å²) in [7, 11) is 2.27. The average Bonchev–Trinajstić information content (AvgIpc) is 3.98. The third kappa shape index (κ3) is 6.13. The molecule has 2 aromatic carbocycles. The van der Waals surface area contributed by atoms with E-state index in [0.717, 1.165) is 36.0 Å². The van der Waals surface area contributed by atoms with Crippen molar-refractivity contribution < 1.29 is 13.9 Å². The lowest BCUT2D eigenvalue weighted by Gasteiger charge is -2.42. The molecule has 1 amide bonds. The zero-order chi connectivity index (χ0) is 35.7. The molecular weight excluding hydrogens is 682 g/mol. The van der Waals surface area contributed by atoms with E-state index in [0.29, 0.717) is 47.6 Å². The first-order chi connectivity index (χ1) is 24.5. The number of rotatable bonds is 10. The quantitative estimate of drug-likeness (QED) is 0.166. The number of hydrogen-bond donors (Lipinski definition) is 0. The average molecular weight is 728 g/mol. The number of ether oxygens (including phenoxy) is 1. The van der Waals surface area contributed by atoms with Gasteiger partial charge in [-0.1, -0.05) is 43.3 Å². The second-order valence-corrected chi connectivity index (χ2v) is 18.3. The molecule has 0 spiro atoms. The van der Waals surface area contributed by atoms with E-state index in [1.807, 2.05) is 11.8 Å². The largest absolute Gasteiger partial charge is 0.462 e. The first-order valence-electron chi connectivity index (χ1n) is 18.1. The molecule has 1 aliphatic carbocycles. The Kier molecular flexibility index (Phi) is 8.91. The van der Waals surface area contributed by atoms with Crippen LogP contribution in [0.3, 0.4) is 0 Å². The van der Waals surface area contributed by atoms with Crippen LogP contribution < -0.4 is 14.5 Å². The highest BCUT2D eigenvalue weighted by molar-refractivity contribution is 8.09. The van der Waals surface area contributed by atoms with Gasteiger partial charge in [0.2, 0.25) is 0 Å². The van der Waals surface area contributed by atoms with Crippen LogP contribution in [-0.4, -0.2) is 91.8 Å². The third-order valence-electron chi connectivity index (χ3n) is 12.1. The molecule has 8 rings (SSSR count). The van der Waals surface area contributed by atoms with Gasteiger partial charge in [-0.2, -0.15) is 15.2 Å². The van der Waals surface area contributed by atoms with Crippen molar-refractivity contribution >= 4 is 51.7 Å². The fourth-order valence-electron chi connectivity index (χ4n) is 8.53. The maximum Gasteiger partial charge on any atom is 0.318 e. The first-order valence-corrected chi connectivity index (χ1v) is 19.9. The zero-order valence-electron chi connectivity index (χ0n) is 29.9. The predicted octanol–water partition coefficient (Wildman–Crippen LogP) is 6.69. The molecule has 5 aliphatic rings. The summed E-state index contributed by atoms with van der Waals surface area (Å²) in [6.07, 6.45) is 4.89. The van der Waals surface area contributed by atoms with E-state index < -0.39 is 17.8 Å². The maximum absolute atomic E-state index is 14.0. The molecule has 3 aromatic rings. The summed E-state index contributed by atoms with van der Waals surface area (Å²) in [4.78, 5) is 31.3. The SMILES string of the molecule is C=C(F)C(=O)N1CCN(c2nc(OCC3S[C@]3(C)N(C)C3S[C@@]3(C)C3CCC3)nc3c2CCN(c2cccc4cccc(C)c24)C3)C[C@@H]1CC#N. The monoisotopic (exact) mass is 727 g/mol. The Morgan fingerprint density at radius 3 is 2.65 bits per heavy atom. The molecule has 3 saturated heterocycles. The molecule has 1 saturated carbocycles. The van der Waals surface area contributed by atoms with E-state index in [4.69, 9.17) is 14.7 Å². The number of piperazine rings is 1. The Balaban J connectivity index is 1.06. The van der Waals surface area contributed by atoms with Gasteiger partial charge < -0.3 is 19.4 Å². The molecule has 1 aromatic heterocycles. The summed E-state index contributed by atoms with van der Waals surface area (Å²) < 4.78 is 20.8. The van der Waals surface area contributed by atoms with Gasteiger partial charge in [0.05, 0.1) is 46.3 Å². The van der Waals surface area contributed by atoms with E-state index >= 15 is 0 Å². The molecule has 4 fully saturated rings. The van der Waals surface area contributed by atoms with Crippen LogP contribution in [0.1, 0.15) is 56.4 Å². The molecule has 2 unspecified atom stereocenters. The Morgan fingerprint density at radius 1 is 1.14 bits per heavy atom. The van der Waals surface area contributed by atoms with Crippen LogP contribution in [0.25, 0.3) is 10.8 Å². The van der Waals surface area contributed by atoms with Crippen molar-refractivity contribution in [2.75, 3.05) is 49.6 Å². The number of carbonyl (C=O) groups excluding carboxylic acids is 1. The summed E-state index contributed by atoms with van der Waals surface area (Å²) in [5.74, 6) is -0.141. The lowest BCUT2D eigenvalue weighted by atomic mass is 9.76. The van der Waals surface area contributed by atoms with Crippen LogP contribution in [0.15, 0.2) is 48.8 Å². The number of benzene rings is 2. The molecule has 4 aliphatic heterocycles. The number of nitrogens with zero attached hydrogens (tertiary/aromatic N) is 7. The molecule has 0 N–H and O–H groups in total. The van der Waals surface area contributed by atoms with Crippen molar-refractivity contribution in [3.05, 3.63) is 65.6 Å². The summed E-state index contributed by atoms with van der Waals surface area (Å²) in [5, 5.41) is 12.9. The van der Waals surface area contributed by atoms with Gasteiger partial charge in [-0.15, -0.1) is 23.5 Å². The fourth-order valence-corrected chi connectivity index (χ4v) is 11.3. The second kappa shape index (κ2) is 13.2. The number of carbonyl (C=O) groups is 1. The van der Waals surface area contributed by atoms with Crippen LogP contribution in [0, 0.1) is 24.2 Å². The van der Waals surface area contributed by atoms with Crippen molar-refractivity contribution in [3.8, 4) is 12.1 Å². The zero-order valence-corrected chi connectivity index (χ0v) is 31.5. The van der Waals surface area contributed by atoms with E-state index in [1.54, 1.807) is 0 Å². The molecular formula is C39H46FN7O2S2. The summed E-state index contributed by atoms with van der Waals surface area (Å²) in [5.41, 5.74) is 4.41. The molecule has 12 heteroatoms. The molecule has 0 bridgehead atoms. The number of aryl methyl sites for hydroxylation is 1. The van der Waals surface area contributed by atoms with Crippen molar-refractivity contribution in [2.45, 2.75) is 85.7 Å². The molecule has 51 heavy (non-hydrogen) atoms. The number of anilines is 2. The number of nitriles is 1. The highest BCUT2D eigenvalue weighted by atomic mass is 32.2. The normalized spacial score (nSPS) is 28.6. The van der Waals surface area contributed by atoms with Gasteiger partial charge in [0.25, 0.3) is 5.91 Å². The first kappa shape index (κ1) is 34.6. The van der Waals surface area contributed by atoms with Crippen LogP contribution in [0.5, 0.6) is 6.01 Å². The highest BCUT2D eigenvalue weighted by Crippen LogP contribution is 2.68. The second-order valence-electron chi connectivity index (χ2n) is 15.1. The topological polar surface area (TPSA) is 88.8 Å². The van der Waals surface area contributed by atoms with E-state index in [-0.39, 0.29) is 17.8 Å². The molecule has 268 valence electrons. The Labute approximate surface area is 308 Å². The van der Waals surface area contributed by atoms with Crippen LogP contribution in [-0.2, 0) is 17.8 Å². The summed E-state index contributed by atoms with van der Waals surface area (Å²) in [6, 6.07) is 14.9. The maximum atomic E-state index is 14.0. The Morgan fingerprint density at radius 2 is 1.92 bits per heavy atom. The lowest BCUT2D eigenvalue weighted by molar-refractivity contribution is -0.131. The molecule has 9 nitrogen and oxygen atoms in total. The predicted molar refractivity (Wildman–Crippen MR) is 204 cm³/mol. The highest BCUT2D eigenvalue weighted by Gasteiger charge is 2.66. The van der Waals surface area contributed by atoms with Gasteiger partial charge in [0.15, 0.2) is 5.83 Å². The van der Waals surface area contributed by atoms with Crippen molar-refractivity contribution in [1.29, 1.82) is 5.26 Å². The van der Waals surface area contributed by atoms with Crippen LogP contribution in [0.4, 0.5) is 15.9 Å². The number of aromatic nitrogens is 2. The van der Waals surface area contributed by atoms with Gasteiger partial charge >= 0.3 is 6.01 Å². The van der Waals surface area contributed by atoms with Crippen molar-refractivity contribution in [3.63, 3.8) is 0 Å². The smallest absolute Gasteiger partial charge is 0.318 e. The van der Waals surface area contributed by atoms with Gasteiger partial charge in [-0.05, 0) is 70.0 Å². The van der Waals surface area contributed by atoms with E-state index in [9.17, 15) is 14.4 Å². The van der Waals surface area contributed by atoms with Gasteiger partial charge in [-0.25, -0.2) is 4.39 Å². The third-order valence-corrected chi connectivity index (χ3v) is 15.6.